The van der Waals surface area contributed by atoms with Gasteiger partial charge in [0, 0.05) is 24.2 Å². The molecule has 5 nitrogen and oxygen atoms in total. The molecule has 0 aliphatic rings. The molecule has 0 saturated carbocycles. The highest BCUT2D eigenvalue weighted by Gasteiger charge is 2.23. The lowest BCUT2D eigenvalue weighted by atomic mass is 9.91. The molecule has 0 saturated heterocycles. The zero-order valence-electron chi connectivity index (χ0n) is 11.9. The average Bonchev–Trinajstić information content (AvgIpc) is 2.72. The molecular formula is C15H17N3O2. The van der Waals surface area contributed by atoms with Crippen LogP contribution in [0.15, 0.2) is 18.5 Å². The van der Waals surface area contributed by atoms with Crippen molar-refractivity contribution < 1.29 is 9.53 Å². The minimum absolute atomic E-state index is 0.241. The van der Waals surface area contributed by atoms with Crippen LogP contribution in [0.3, 0.4) is 0 Å². The summed E-state index contributed by atoms with van der Waals surface area (Å²) in [6.07, 6.45) is 9.21. The van der Waals surface area contributed by atoms with Gasteiger partial charge in [-0.2, -0.15) is 5.10 Å². The third kappa shape index (κ3) is 2.80. The van der Waals surface area contributed by atoms with Gasteiger partial charge in [-0.15, -0.1) is 12.3 Å². The summed E-state index contributed by atoms with van der Waals surface area (Å²) in [6.45, 7) is 5.94. The van der Waals surface area contributed by atoms with E-state index in [1.807, 2.05) is 13.8 Å². The molecule has 2 aromatic heterocycles. The van der Waals surface area contributed by atoms with E-state index in [2.05, 4.69) is 16.0 Å². The largest absolute Gasteiger partial charge is 0.461 e. The molecular weight excluding hydrogens is 254 g/mol. The number of esters is 1. The zero-order chi connectivity index (χ0) is 14.8. The quantitative estimate of drug-likeness (QED) is 0.632. The van der Waals surface area contributed by atoms with Crippen LogP contribution >= 0.6 is 0 Å². The molecule has 2 heterocycles. The predicted molar refractivity (Wildman–Crippen MR) is 75.2 cm³/mol. The topological polar surface area (TPSA) is 56.5 Å². The highest BCUT2D eigenvalue weighted by atomic mass is 16.5. The van der Waals surface area contributed by atoms with E-state index in [1.165, 1.54) is 0 Å². The first-order chi connectivity index (χ1) is 9.44. The average molecular weight is 271 g/mol. The Morgan fingerprint density at radius 2 is 2.30 bits per heavy atom. The van der Waals surface area contributed by atoms with Crippen molar-refractivity contribution in [2.24, 2.45) is 5.41 Å². The van der Waals surface area contributed by atoms with Gasteiger partial charge in [0.15, 0.2) is 5.65 Å². The van der Waals surface area contributed by atoms with Crippen molar-refractivity contribution in [2.45, 2.75) is 27.2 Å². The summed E-state index contributed by atoms with van der Waals surface area (Å²) in [5.74, 6) is 2.17. The number of hydrogen-bond acceptors (Lipinski definition) is 4. The molecule has 0 N–H and O–H groups in total. The first kappa shape index (κ1) is 14.1. The summed E-state index contributed by atoms with van der Waals surface area (Å²) in [7, 11) is 0. The van der Waals surface area contributed by atoms with E-state index in [0.717, 1.165) is 0 Å². The van der Waals surface area contributed by atoms with Gasteiger partial charge < -0.3 is 4.74 Å². The maximum absolute atomic E-state index is 12.2. The van der Waals surface area contributed by atoms with Gasteiger partial charge in [0.25, 0.3) is 0 Å². The fourth-order valence-electron chi connectivity index (χ4n) is 1.90. The van der Waals surface area contributed by atoms with Crippen molar-refractivity contribution in [3.8, 4) is 12.3 Å². The van der Waals surface area contributed by atoms with Crippen molar-refractivity contribution in [2.75, 3.05) is 6.61 Å². The Morgan fingerprint density at radius 1 is 1.55 bits per heavy atom. The molecule has 0 fully saturated rings. The lowest BCUT2D eigenvalue weighted by Gasteiger charge is -2.21. The number of rotatable bonds is 4. The molecule has 0 aliphatic heterocycles. The molecule has 0 aliphatic carbocycles. The predicted octanol–water partition coefficient (Wildman–Crippen LogP) is 2.24. The first-order valence-electron chi connectivity index (χ1n) is 6.35. The van der Waals surface area contributed by atoms with Crippen LogP contribution in [0.2, 0.25) is 0 Å². The summed E-state index contributed by atoms with van der Waals surface area (Å²) in [6, 6.07) is 1.75. The van der Waals surface area contributed by atoms with E-state index in [9.17, 15) is 4.79 Å². The smallest absolute Gasteiger partial charge is 0.343 e. The number of nitrogens with zero attached hydrogens (tertiary/aromatic N) is 3. The second-order valence-corrected chi connectivity index (χ2v) is 5.47. The van der Waals surface area contributed by atoms with Gasteiger partial charge in [-0.1, -0.05) is 13.8 Å². The third-order valence-electron chi connectivity index (χ3n) is 2.95. The van der Waals surface area contributed by atoms with Crippen molar-refractivity contribution in [1.29, 1.82) is 0 Å². The van der Waals surface area contributed by atoms with Crippen LogP contribution in [0.5, 0.6) is 0 Å². The lowest BCUT2D eigenvalue weighted by Crippen LogP contribution is -2.21. The number of fused-ring (bicyclic) bond motifs is 1. The molecule has 5 heteroatoms. The van der Waals surface area contributed by atoms with E-state index in [4.69, 9.17) is 11.2 Å². The maximum atomic E-state index is 12.2. The zero-order valence-corrected chi connectivity index (χ0v) is 11.9. The summed E-state index contributed by atoms with van der Waals surface area (Å²) in [5, 5.41) is 4.24. The van der Waals surface area contributed by atoms with Crippen molar-refractivity contribution in [1.82, 2.24) is 14.6 Å². The number of carbonyl (C=O) groups is 1. The van der Waals surface area contributed by atoms with Gasteiger partial charge in [0.1, 0.15) is 5.56 Å². The Labute approximate surface area is 118 Å². The number of carbonyl (C=O) groups excluding carboxylic acids is 1. The Balaban J connectivity index is 2.20. The van der Waals surface area contributed by atoms with Gasteiger partial charge in [0.2, 0.25) is 0 Å². The van der Waals surface area contributed by atoms with E-state index in [-0.39, 0.29) is 12.0 Å². The minimum atomic E-state index is -0.415. The number of terminal acetylenes is 1. The highest BCUT2D eigenvalue weighted by molar-refractivity contribution is 5.97. The molecule has 20 heavy (non-hydrogen) atoms. The van der Waals surface area contributed by atoms with Crippen LogP contribution in [-0.2, 0) is 4.74 Å². The molecule has 2 aromatic rings. The summed E-state index contributed by atoms with van der Waals surface area (Å²) < 4.78 is 6.93. The normalized spacial score (nSPS) is 11.3. The fraction of sp³-hybridized carbons (Fsp3) is 0.400. The summed E-state index contributed by atoms with van der Waals surface area (Å²) in [5.41, 5.74) is 1.27. The van der Waals surface area contributed by atoms with Crippen molar-refractivity contribution in [3.63, 3.8) is 0 Å². The van der Waals surface area contributed by atoms with Crippen LogP contribution in [-0.4, -0.2) is 27.2 Å². The summed E-state index contributed by atoms with van der Waals surface area (Å²) >= 11 is 0. The molecule has 0 radical (unpaired) electrons. The maximum Gasteiger partial charge on any atom is 0.343 e. The second-order valence-electron chi connectivity index (χ2n) is 5.47. The van der Waals surface area contributed by atoms with Gasteiger partial charge in [-0.05, 0) is 13.0 Å². The van der Waals surface area contributed by atoms with Crippen LogP contribution in [0.4, 0.5) is 0 Å². The Bertz CT molecular complexity index is 680. The van der Waals surface area contributed by atoms with E-state index >= 15 is 0 Å². The number of aromatic nitrogens is 3. The van der Waals surface area contributed by atoms with Crippen molar-refractivity contribution >= 4 is 11.6 Å². The number of hydrogen-bond donors (Lipinski definition) is 0. The third-order valence-corrected chi connectivity index (χ3v) is 2.95. The van der Waals surface area contributed by atoms with Gasteiger partial charge in [-0.25, -0.2) is 14.3 Å². The van der Waals surface area contributed by atoms with E-state index in [0.29, 0.717) is 23.3 Å². The Kier molecular flexibility index (Phi) is 3.75. The van der Waals surface area contributed by atoms with Crippen LogP contribution in [0.25, 0.3) is 5.65 Å². The van der Waals surface area contributed by atoms with E-state index in [1.54, 1.807) is 29.9 Å². The van der Waals surface area contributed by atoms with Gasteiger partial charge >= 0.3 is 5.97 Å². The highest BCUT2D eigenvalue weighted by Crippen LogP contribution is 2.21. The monoisotopic (exact) mass is 271 g/mol. The van der Waals surface area contributed by atoms with Crippen LogP contribution in [0.1, 0.15) is 36.3 Å². The molecule has 0 bridgehead atoms. The standard InChI is InChI=1S/C15H17N3O2/c1-5-7-15(3,4)10-20-14(19)12-11(2)17-18-9-6-8-16-13(12)18/h1,6,8-9H,7,10H2,2-4H3. The number of aryl methyl sites for hydroxylation is 1. The first-order valence-corrected chi connectivity index (χ1v) is 6.35. The summed E-state index contributed by atoms with van der Waals surface area (Å²) in [4.78, 5) is 16.4. The van der Waals surface area contributed by atoms with Crippen molar-refractivity contribution in [3.05, 3.63) is 29.7 Å². The molecule has 2 rings (SSSR count). The van der Waals surface area contributed by atoms with Crippen LogP contribution < -0.4 is 0 Å². The lowest BCUT2D eigenvalue weighted by molar-refractivity contribution is 0.0349. The molecule has 104 valence electrons. The minimum Gasteiger partial charge on any atom is -0.461 e. The van der Waals surface area contributed by atoms with Crippen LogP contribution in [0, 0.1) is 24.7 Å². The molecule has 0 amide bonds. The molecule has 0 unspecified atom stereocenters. The molecule has 0 spiro atoms. The molecule has 0 atom stereocenters. The second kappa shape index (κ2) is 5.33. The van der Waals surface area contributed by atoms with Gasteiger partial charge in [-0.3, -0.25) is 0 Å². The SMILES string of the molecule is C#CCC(C)(C)COC(=O)c1c(C)nn2cccnc12. The molecule has 0 aromatic carbocycles. The fourth-order valence-corrected chi connectivity index (χ4v) is 1.90. The number of ether oxygens (including phenoxy) is 1. The Hall–Kier alpha value is -2.35. The van der Waals surface area contributed by atoms with Gasteiger partial charge in [0.05, 0.1) is 12.3 Å². The Morgan fingerprint density at radius 3 is 3.00 bits per heavy atom. The van der Waals surface area contributed by atoms with E-state index < -0.39 is 5.97 Å².